The molecule has 0 aliphatic rings. The minimum absolute atomic E-state index is 0.0479. The lowest BCUT2D eigenvalue weighted by atomic mass is 10.1. The molecular weight excluding hydrogens is 529 g/mol. The Labute approximate surface area is 206 Å². The molecule has 3 rings (SSSR count). The lowest BCUT2D eigenvalue weighted by molar-refractivity contribution is 0.112. The Morgan fingerprint density at radius 3 is 2.62 bits per heavy atom. The Hall–Kier alpha value is -2.08. The van der Waals surface area contributed by atoms with Crippen LogP contribution in [0.1, 0.15) is 31.9 Å². The lowest BCUT2D eigenvalue weighted by Gasteiger charge is -2.22. The van der Waals surface area contributed by atoms with Crippen LogP contribution in [0.4, 0.5) is 5.82 Å². The van der Waals surface area contributed by atoms with Crippen molar-refractivity contribution in [2.45, 2.75) is 32.4 Å². The number of ether oxygens (including phenoxy) is 3. The second-order valence-electron chi connectivity index (χ2n) is 7.54. The van der Waals surface area contributed by atoms with E-state index in [1.807, 2.05) is 37.3 Å². The maximum Gasteiger partial charge on any atom is 0.353 e. The molecule has 3 N–H and O–H groups in total. The predicted molar refractivity (Wildman–Crippen MR) is 131 cm³/mol. The van der Waals surface area contributed by atoms with Crippen LogP contribution in [0, 0.1) is 0 Å². The molecule has 1 aromatic carbocycles. The number of hydrogen-bond acceptors (Lipinski definition) is 9. The molecule has 0 radical (unpaired) electrons. The third-order valence-corrected chi connectivity index (χ3v) is 6.73. The molecule has 2 heterocycles. The number of halogens is 1. The summed E-state index contributed by atoms with van der Waals surface area (Å²) in [5.41, 5.74) is 7.81. The van der Waals surface area contributed by atoms with Gasteiger partial charge in [0.05, 0.1) is 25.4 Å². The average Bonchev–Trinajstić information content (AvgIpc) is 3.13. The van der Waals surface area contributed by atoms with Gasteiger partial charge in [-0.15, -0.1) is 0 Å². The molecule has 0 amide bonds. The summed E-state index contributed by atoms with van der Waals surface area (Å²) < 4.78 is 36.1. The number of nitrogens with two attached hydrogens (primary N) is 1. The summed E-state index contributed by atoms with van der Waals surface area (Å²) in [5.74, 6) is 0.159. The monoisotopic (exact) mass is 557 g/mol. The zero-order valence-corrected chi connectivity index (χ0v) is 21.7. The molecular formula is C21H29BrN5O6P. The van der Waals surface area contributed by atoms with Crippen molar-refractivity contribution in [3.63, 3.8) is 0 Å². The van der Waals surface area contributed by atoms with E-state index in [1.165, 1.54) is 0 Å². The Kier molecular flexibility index (Phi) is 9.40. The van der Waals surface area contributed by atoms with Crippen molar-refractivity contribution in [2.24, 2.45) is 0 Å². The minimum atomic E-state index is -3.92. The maximum absolute atomic E-state index is 12.4. The van der Waals surface area contributed by atoms with Crippen molar-refractivity contribution >= 4 is 40.5 Å². The second kappa shape index (κ2) is 12.1. The topological polar surface area (TPSA) is 144 Å². The molecule has 2 aromatic heterocycles. The van der Waals surface area contributed by atoms with Crippen LogP contribution in [-0.2, 0) is 18.6 Å². The highest BCUT2D eigenvalue weighted by atomic mass is 79.9. The number of rotatable bonds is 13. The van der Waals surface area contributed by atoms with Gasteiger partial charge in [-0.25, -0.2) is 4.98 Å². The van der Waals surface area contributed by atoms with Gasteiger partial charge in [-0.2, -0.15) is 9.97 Å². The molecule has 0 aliphatic carbocycles. The Morgan fingerprint density at radius 1 is 1.21 bits per heavy atom. The SMILES string of the molecule is CCC(C)OP(=O)(O)COCC(c1ccccc1)n1c(Br)nc2c(N)nc(OCCOC)nc21. The van der Waals surface area contributed by atoms with E-state index in [-0.39, 0.29) is 31.1 Å². The molecule has 0 spiro atoms. The average molecular weight is 558 g/mol. The van der Waals surface area contributed by atoms with Crippen LogP contribution in [0.2, 0.25) is 0 Å². The fraction of sp³-hybridized carbons (Fsp3) is 0.476. The number of fused-ring (bicyclic) bond motifs is 1. The van der Waals surface area contributed by atoms with Crippen molar-refractivity contribution in [3.8, 4) is 6.01 Å². The van der Waals surface area contributed by atoms with E-state index in [0.717, 1.165) is 5.56 Å². The third kappa shape index (κ3) is 6.74. The van der Waals surface area contributed by atoms with E-state index in [1.54, 1.807) is 18.6 Å². The van der Waals surface area contributed by atoms with Gasteiger partial charge < -0.3 is 29.4 Å². The van der Waals surface area contributed by atoms with E-state index in [4.69, 9.17) is 24.5 Å². The summed E-state index contributed by atoms with van der Waals surface area (Å²) in [4.78, 5) is 23.3. The summed E-state index contributed by atoms with van der Waals surface area (Å²) in [6, 6.07) is 9.14. The number of hydrogen-bond donors (Lipinski definition) is 2. The summed E-state index contributed by atoms with van der Waals surface area (Å²) in [6.07, 6.45) is -0.193. The van der Waals surface area contributed by atoms with Gasteiger partial charge in [0.25, 0.3) is 0 Å². The van der Waals surface area contributed by atoms with Gasteiger partial charge in [-0.05, 0) is 34.8 Å². The van der Waals surface area contributed by atoms with Gasteiger partial charge in [0.2, 0.25) is 0 Å². The molecule has 0 bridgehead atoms. The van der Waals surface area contributed by atoms with Crippen LogP contribution in [0.15, 0.2) is 35.1 Å². The van der Waals surface area contributed by atoms with E-state index in [9.17, 15) is 9.46 Å². The zero-order valence-electron chi connectivity index (χ0n) is 19.3. The van der Waals surface area contributed by atoms with Crippen LogP contribution in [0.25, 0.3) is 11.2 Å². The number of anilines is 1. The van der Waals surface area contributed by atoms with Crippen LogP contribution < -0.4 is 10.5 Å². The summed E-state index contributed by atoms with van der Waals surface area (Å²) in [7, 11) is -2.35. The number of methoxy groups -OCH3 is 1. The van der Waals surface area contributed by atoms with Crippen LogP contribution in [-0.4, -0.2) is 63.8 Å². The molecule has 11 nitrogen and oxygen atoms in total. The number of nitrogen functional groups attached to an aromatic ring is 1. The summed E-state index contributed by atoms with van der Waals surface area (Å²) in [5, 5.41) is 0. The minimum Gasteiger partial charge on any atom is -0.461 e. The van der Waals surface area contributed by atoms with Crippen molar-refractivity contribution in [3.05, 3.63) is 40.6 Å². The fourth-order valence-electron chi connectivity index (χ4n) is 3.17. The molecule has 3 atom stereocenters. The highest BCUT2D eigenvalue weighted by molar-refractivity contribution is 9.10. The molecule has 0 aliphatic heterocycles. The maximum atomic E-state index is 12.4. The second-order valence-corrected chi connectivity index (χ2v) is 10.00. The van der Waals surface area contributed by atoms with Crippen molar-refractivity contribution in [1.29, 1.82) is 0 Å². The first kappa shape index (κ1) is 26.5. The molecule has 186 valence electrons. The predicted octanol–water partition coefficient (Wildman–Crippen LogP) is 3.76. The first-order valence-electron chi connectivity index (χ1n) is 10.7. The first-order valence-corrected chi connectivity index (χ1v) is 13.3. The Bertz CT molecular complexity index is 1130. The highest BCUT2D eigenvalue weighted by Crippen LogP contribution is 2.44. The molecule has 13 heteroatoms. The van der Waals surface area contributed by atoms with Crippen LogP contribution in [0.5, 0.6) is 6.01 Å². The van der Waals surface area contributed by atoms with E-state index in [2.05, 4.69) is 30.9 Å². The smallest absolute Gasteiger partial charge is 0.353 e. The summed E-state index contributed by atoms with van der Waals surface area (Å²) in [6.45, 7) is 4.28. The molecule has 3 unspecified atom stereocenters. The first-order chi connectivity index (χ1) is 16.3. The molecule has 0 fully saturated rings. The zero-order chi connectivity index (χ0) is 24.7. The van der Waals surface area contributed by atoms with Crippen LogP contribution in [0.3, 0.4) is 0 Å². The Balaban J connectivity index is 1.94. The van der Waals surface area contributed by atoms with Gasteiger partial charge in [0.1, 0.15) is 13.0 Å². The van der Waals surface area contributed by atoms with Crippen molar-refractivity contribution < 1.29 is 28.2 Å². The van der Waals surface area contributed by atoms with Gasteiger partial charge in [-0.3, -0.25) is 9.13 Å². The lowest BCUT2D eigenvalue weighted by Crippen LogP contribution is -2.19. The number of aromatic nitrogens is 4. The van der Waals surface area contributed by atoms with Crippen LogP contribution >= 0.6 is 23.5 Å². The van der Waals surface area contributed by atoms with Crippen molar-refractivity contribution in [2.75, 3.05) is 39.0 Å². The largest absolute Gasteiger partial charge is 0.461 e. The molecule has 3 aromatic rings. The van der Waals surface area contributed by atoms with E-state index >= 15 is 0 Å². The quantitative estimate of drug-likeness (QED) is 0.181. The molecule has 0 saturated carbocycles. The summed E-state index contributed by atoms with van der Waals surface area (Å²) >= 11 is 3.49. The Morgan fingerprint density at radius 2 is 1.94 bits per heavy atom. The number of nitrogens with zero attached hydrogens (tertiary/aromatic N) is 4. The third-order valence-electron chi connectivity index (χ3n) is 4.97. The highest BCUT2D eigenvalue weighted by Gasteiger charge is 2.27. The fourth-order valence-corrected chi connectivity index (χ4v) is 4.87. The van der Waals surface area contributed by atoms with E-state index < -0.39 is 20.0 Å². The molecule has 34 heavy (non-hydrogen) atoms. The number of benzene rings is 1. The standard InChI is InChI=1S/C21H29BrN5O6P/c1-4-14(2)33-34(28,29)13-31-12-16(15-8-6-5-7-9-15)27-19-17(24-20(27)22)18(23)25-21(26-19)32-11-10-30-3/h5-9,14,16H,4,10-13H2,1-3H3,(H,28,29)(H2,23,25,26). The van der Waals surface area contributed by atoms with Gasteiger partial charge in [0, 0.05) is 7.11 Å². The molecule has 0 saturated heterocycles. The number of imidazole rings is 1. The van der Waals surface area contributed by atoms with Gasteiger partial charge in [0.15, 0.2) is 21.7 Å². The normalized spacial score (nSPS) is 15.2. The van der Waals surface area contributed by atoms with Crippen molar-refractivity contribution in [1.82, 2.24) is 19.5 Å². The van der Waals surface area contributed by atoms with Gasteiger partial charge >= 0.3 is 13.6 Å². The van der Waals surface area contributed by atoms with E-state index in [0.29, 0.717) is 28.9 Å². The van der Waals surface area contributed by atoms with Gasteiger partial charge in [-0.1, -0.05) is 37.3 Å².